The molecule has 5 heteroatoms. The molecule has 118 valence electrons. The van der Waals surface area contributed by atoms with Crippen LogP contribution in [0.3, 0.4) is 0 Å². The Morgan fingerprint density at radius 1 is 1.23 bits per heavy atom. The minimum absolute atomic E-state index is 0.265. The zero-order valence-electron chi connectivity index (χ0n) is 12.6. The first-order valence-electron chi connectivity index (χ1n) is 7.88. The van der Waals surface area contributed by atoms with Gasteiger partial charge in [-0.2, -0.15) is 5.10 Å². The van der Waals surface area contributed by atoms with Crippen LogP contribution in [-0.2, 0) is 6.54 Å². The molecule has 1 fully saturated rings. The standard InChI is InChI=1S/C17H22FN3O/c18-15-7-3-2-6-14(15)16-13(11-20-21-16)10-19-12-17(22)8-4-1-5-9-17/h2-3,6-7,11,19,22H,1,4-5,8-10,12H2,(H,20,21). The molecule has 0 amide bonds. The van der Waals surface area contributed by atoms with Gasteiger partial charge in [-0.05, 0) is 25.0 Å². The number of benzene rings is 1. The predicted octanol–water partition coefficient (Wildman–Crippen LogP) is 3.00. The summed E-state index contributed by atoms with van der Waals surface area (Å²) in [6, 6.07) is 6.66. The molecule has 0 aliphatic heterocycles. The van der Waals surface area contributed by atoms with Crippen molar-refractivity contribution in [3.63, 3.8) is 0 Å². The van der Waals surface area contributed by atoms with Crippen LogP contribution in [-0.4, -0.2) is 27.4 Å². The fourth-order valence-electron chi connectivity index (χ4n) is 3.16. The highest BCUT2D eigenvalue weighted by Gasteiger charge is 2.28. The molecule has 1 aliphatic carbocycles. The van der Waals surface area contributed by atoms with E-state index in [1.165, 1.54) is 12.5 Å². The number of halogens is 1. The van der Waals surface area contributed by atoms with Gasteiger partial charge >= 0.3 is 0 Å². The van der Waals surface area contributed by atoms with Crippen LogP contribution in [0.15, 0.2) is 30.5 Å². The first kappa shape index (κ1) is 15.2. The van der Waals surface area contributed by atoms with Crippen LogP contribution in [0, 0.1) is 5.82 Å². The summed E-state index contributed by atoms with van der Waals surface area (Å²) in [6.07, 6.45) is 6.80. The molecule has 1 aromatic carbocycles. The zero-order valence-corrected chi connectivity index (χ0v) is 12.6. The number of hydrogen-bond donors (Lipinski definition) is 3. The third-order valence-electron chi connectivity index (χ3n) is 4.41. The Morgan fingerprint density at radius 2 is 2.00 bits per heavy atom. The van der Waals surface area contributed by atoms with Crippen LogP contribution in [0.2, 0.25) is 0 Å². The lowest BCUT2D eigenvalue weighted by molar-refractivity contribution is 0.00468. The number of rotatable bonds is 5. The highest BCUT2D eigenvalue weighted by molar-refractivity contribution is 5.63. The lowest BCUT2D eigenvalue weighted by atomic mass is 9.85. The number of H-pyrrole nitrogens is 1. The first-order chi connectivity index (χ1) is 10.7. The van der Waals surface area contributed by atoms with E-state index in [9.17, 15) is 9.50 Å². The second kappa shape index (κ2) is 6.58. The van der Waals surface area contributed by atoms with Crippen molar-refractivity contribution in [2.45, 2.75) is 44.2 Å². The van der Waals surface area contributed by atoms with Gasteiger partial charge in [0.2, 0.25) is 0 Å². The first-order valence-corrected chi connectivity index (χ1v) is 7.88. The molecule has 0 spiro atoms. The maximum Gasteiger partial charge on any atom is 0.132 e. The van der Waals surface area contributed by atoms with Gasteiger partial charge in [0.05, 0.1) is 17.5 Å². The molecule has 1 aromatic heterocycles. The smallest absolute Gasteiger partial charge is 0.132 e. The molecule has 0 bridgehead atoms. The molecule has 22 heavy (non-hydrogen) atoms. The van der Waals surface area contributed by atoms with E-state index in [1.54, 1.807) is 24.4 Å². The van der Waals surface area contributed by atoms with Gasteiger partial charge in [0.25, 0.3) is 0 Å². The van der Waals surface area contributed by atoms with E-state index in [1.807, 2.05) is 0 Å². The second-order valence-corrected chi connectivity index (χ2v) is 6.14. The fourth-order valence-corrected chi connectivity index (χ4v) is 3.16. The summed E-state index contributed by atoms with van der Waals surface area (Å²) in [5, 5.41) is 20.7. The normalized spacial score (nSPS) is 17.5. The Balaban J connectivity index is 1.65. The van der Waals surface area contributed by atoms with Crippen molar-refractivity contribution in [2.24, 2.45) is 0 Å². The quantitative estimate of drug-likeness (QED) is 0.796. The van der Waals surface area contributed by atoms with Crippen molar-refractivity contribution in [3.05, 3.63) is 41.8 Å². The lowest BCUT2D eigenvalue weighted by Crippen LogP contribution is -2.41. The van der Waals surface area contributed by atoms with Crippen molar-refractivity contribution in [1.29, 1.82) is 0 Å². The summed E-state index contributed by atoms with van der Waals surface area (Å²) >= 11 is 0. The molecule has 1 aliphatic rings. The molecular formula is C17H22FN3O. The van der Waals surface area contributed by atoms with Crippen LogP contribution in [0.4, 0.5) is 4.39 Å². The summed E-state index contributed by atoms with van der Waals surface area (Å²) in [5.74, 6) is -0.265. The van der Waals surface area contributed by atoms with Crippen molar-refractivity contribution in [1.82, 2.24) is 15.5 Å². The molecule has 1 heterocycles. The molecule has 0 radical (unpaired) electrons. The van der Waals surface area contributed by atoms with E-state index in [2.05, 4.69) is 15.5 Å². The lowest BCUT2D eigenvalue weighted by Gasteiger charge is -2.32. The fraction of sp³-hybridized carbons (Fsp3) is 0.471. The summed E-state index contributed by atoms with van der Waals surface area (Å²) in [5.41, 5.74) is 1.53. The third-order valence-corrected chi connectivity index (χ3v) is 4.41. The van der Waals surface area contributed by atoms with Gasteiger partial charge < -0.3 is 10.4 Å². The zero-order chi connectivity index (χ0) is 15.4. The topological polar surface area (TPSA) is 60.9 Å². The number of aromatic nitrogens is 2. The minimum atomic E-state index is -0.597. The van der Waals surface area contributed by atoms with Crippen LogP contribution >= 0.6 is 0 Å². The molecule has 2 aromatic rings. The van der Waals surface area contributed by atoms with Gasteiger partial charge in [-0.25, -0.2) is 4.39 Å². The van der Waals surface area contributed by atoms with E-state index < -0.39 is 5.60 Å². The third kappa shape index (κ3) is 3.36. The van der Waals surface area contributed by atoms with Crippen LogP contribution in [0.1, 0.15) is 37.7 Å². The molecule has 1 saturated carbocycles. The molecular weight excluding hydrogens is 281 g/mol. The van der Waals surface area contributed by atoms with Crippen molar-refractivity contribution >= 4 is 0 Å². The second-order valence-electron chi connectivity index (χ2n) is 6.14. The number of aliphatic hydroxyl groups is 1. The Bertz CT molecular complexity index is 620. The van der Waals surface area contributed by atoms with Gasteiger partial charge in [-0.1, -0.05) is 31.4 Å². The highest BCUT2D eigenvalue weighted by Crippen LogP contribution is 2.28. The van der Waals surface area contributed by atoms with E-state index >= 15 is 0 Å². The minimum Gasteiger partial charge on any atom is -0.389 e. The van der Waals surface area contributed by atoms with Crippen LogP contribution < -0.4 is 5.32 Å². The predicted molar refractivity (Wildman–Crippen MR) is 83.7 cm³/mol. The SMILES string of the molecule is OC1(CNCc2cn[nH]c2-c2ccccc2F)CCCCC1. The Labute approximate surface area is 129 Å². The van der Waals surface area contributed by atoms with Gasteiger partial charge in [-0.3, -0.25) is 5.10 Å². The number of nitrogens with one attached hydrogen (secondary N) is 2. The molecule has 0 saturated heterocycles. The molecule has 3 rings (SSSR count). The Hall–Kier alpha value is -1.72. The van der Waals surface area contributed by atoms with Crippen molar-refractivity contribution in [3.8, 4) is 11.3 Å². The highest BCUT2D eigenvalue weighted by atomic mass is 19.1. The van der Waals surface area contributed by atoms with E-state index in [0.717, 1.165) is 31.2 Å². The summed E-state index contributed by atoms with van der Waals surface area (Å²) < 4.78 is 13.9. The molecule has 0 atom stereocenters. The van der Waals surface area contributed by atoms with E-state index in [-0.39, 0.29) is 5.82 Å². The summed E-state index contributed by atoms with van der Waals surface area (Å²) in [4.78, 5) is 0. The number of hydrogen-bond acceptors (Lipinski definition) is 3. The summed E-state index contributed by atoms with van der Waals surface area (Å²) in [6.45, 7) is 1.12. The van der Waals surface area contributed by atoms with Gasteiger partial charge in [0, 0.05) is 24.2 Å². The molecule has 4 nitrogen and oxygen atoms in total. The van der Waals surface area contributed by atoms with E-state index in [0.29, 0.717) is 24.3 Å². The molecule has 3 N–H and O–H groups in total. The number of aromatic amines is 1. The Morgan fingerprint density at radius 3 is 2.77 bits per heavy atom. The van der Waals surface area contributed by atoms with Crippen molar-refractivity contribution < 1.29 is 9.50 Å². The average Bonchev–Trinajstić information content (AvgIpc) is 2.96. The number of nitrogens with zero attached hydrogens (tertiary/aromatic N) is 1. The molecule has 0 unspecified atom stereocenters. The maximum atomic E-state index is 13.9. The monoisotopic (exact) mass is 303 g/mol. The largest absolute Gasteiger partial charge is 0.389 e. The summed E-state index contributed by atoms with van der Waals surface area (Å²) in [7, 11) is 0. The van der Waals surface area contributed by atoms with Gasteiger partial charge in [0.1, 0.15) is 5.82 Å². The maximum absolute atomic E-state index is 13.9. The Kier molecular flexibility index (Phi) is 4.55. The van der Waals surface area contributed by atoms with Gasteiger partial charge in [-0.15, -0.1) is 0 Å². The van der Waals surface area contributed by atoms with E-state index in [4.69, 9.17) is 0 Å². The average molecular weight is 303 g/mol. The van der Waals surface area contributed by atoms with Crippen LogP contribution in [0.25, 0.3) is 11.3 Å². The van der Waals surface area contributed by atoms with Gasteiger partial charge in [0.15, 0.2) is 0 Å². The van der Waals surface area contributed by atoms with Crippen molar-refractivity contribution in [2.75, 3.05) is 6.54 Å². The van der Waals surface area contributed by atoms with Crippen LogP contribution in [0.5, 0.6) is 0 Å².